The van der Waals surface area contributed by atoms with Gasteiger partial charge in [0.2, 0.25) is 0 Å². The largest absolute Gasteiger partial charge is 0.382 e. The fourth-order valence-corrected chi connectivity index (χ4v) is 1.02. The fraction of sp³-hybridized carbons (Fsp3) is 0.600. The summed E-state index contributed by atoms with van der Waals surface area (Å²) >= 11 is 0. The van der Waals surface area contributed by atoms with Crippen LogP contribution >= 0.6 is 0 Å². The van der Waals surface area contributed by atoms with Crippen LogP contribution in [0.5, 0.6) is 0 Å². The minimum absolute atomic E-state index is 0.477. The molecule has 0 saturated carbocycles. The van der Waals surface area contributed by atoms with Crippen molar-refractivity contribution in [2.45, 2.75) is 13.0 Å². The van der Waals surface area contributed by atoms with Crippen LogP contribution in [0.2, 0.25) is 0 Å². The van der Waals surface area contributed by atoms with E-state index in [1.807, 2.05) is 0 Å². The van der Waals surface area contributed by atoms with E-state index in [0.717, 1.165) is 11.4 Å². The van der Waals surface area contributed by atoms with Crippen molar-refractivity contribution in [1.29, 1.82) is 0 Å². The summed E-state index contributed by atoms with van der Waals surface area (Å²) in [7, 11) is 1.65. The van der Waals surface area contributed by atoms with E-state index in [1.165, 1.54) is 0 Å². The van der Waals surface area contributed by atoms with Gasteiger partial charge in [0.25, 0.3) is 0 Å². The van der Waals surface area contributed by atoms with Gasteiger partial charge in [0.05, 0.1) is 19.8 Å². The maximum atomic E-state index is 5.44. The van der Waals surface area contributed by atoms with E-state index >= 15 is 0 Å². The number of ether oxygens (including phenoxy) is 2. The Morgan fingerprint density at radius 3 is 2.53 bits per heavy atom. The van der Waals surface area contributed by atoms with E-state index in [-0.39, 0.29) is 0 Å². The fourth-order valence-electron chi connectivity index (χ4n) is 1.02. The number of methoxy groups -OCH3 is 1. The van der Waals surface area contributed by atoms with Crippen LogP contribution in [0.25, 0.3) is 0 Å². The summed E-state index contributed by atoms with van der Waals surface area (Å²) < 4.78 is 10.2. The topological polar surface area (TPSA) is 70.3 Å². The summed E-state index contributed by atoms with van der Waals surface area (Å²) in [6.45, 7) is 2.32. The lowest BCUT2D eigenvalue weighted by Crippen LogP contribution is -2.07. The van der Waals surface area contributed by atoms with Gasteiger partial charge in [0.1, 0.15) is 5.82 Å². The molecule has 0 saturated heterocycles. The monoisotopic (exact) mass is 211 g/mol. The van der Waals surface area contributed by atoms with Gasteiger partial charge in [0.15, 0.2) is 0 Å². The van der Waals surface area contributed by atoms with Crippen LogP contribution in [0, 0.1) is 0 Å². The lowest BCUT2D eigenvalue weighted by atomic mass is 10.3. The van der Waals surface area contributed by atoms with Crippen molar-refractivity contribution in [3.8, 4) is 0 Å². The van der Waals surface area contributed by atoms with E-state index in [1.54, 1.807) is 19.5 Å². The second kappa shape index (κ2) is 7.28. The van der Waals surface area contributed by atoms with Crippen LogP contribution in [0.15, 0.2) is 12.4 Å². The first-order valence-electron chi connectivity index (χ1n) is 4.93. The molecule has 0 aliphatic rings. The van der Waals surface area contributed by atoms with Gasteiger partial charge in [-0.15, -0.1) is 0 Å². The number of rotatable bonds is 7. The molecule has 0 radical (unpaired) electrons. The molecule has 5 heteroatoms. The van der Waals surface area contributed by atoms with Crippen molar-refractivity contribution in [2.24, 2.45) is 5.73 Å². The van der Waals surface area contributed by atoms with Gasteiger partial charge in [0, 0.05) is 38.0 Å². The molecule has 84 valence electrons. The normalized spacial score (nSPS) is 10.5. The van der Waals surface area contributed by atoms with Crippen molar-refractivity contribution in [3.63, 3.8) is 0 Å². The zero-order valence-electron chi connectivity index (χ0n) is 8.98. The van der Waals surface area contributed by atoms with E-state index in [0.29, 0.717) is 32.8 Å². The first kappa shape index (κ1) is 12.0. The van der Waals surface area contributed by atoms with Gasteiger partial charge in [-0.05, 0) is 0 Å². The van der Waals surface area contributed by atoms with Gasteiger partial charge in [-0.1, -0.05) is 0 Å². The summed E-state index contributed by atoms with van der Waals surface area (Å²) in [5, 5.41) is 0. The summed E-state index contributed by atoms with van der Waals surface area (Å²) in [6.07, 6.45) is 4.21. The van der Waals surface area contributed by atoms with Crippen molar-refractivity contribution in [2.75, 3.05) is 26.9 Å². The van der Waals surface area contributed by atoms with Gasteiger partial charge >= 0.3 is 0 Å². The summed E-state index contributed by atoms with van der Waals surface area (Å²) in [4.78, 5) is 8.33. The highest BCUT2D eigenvalue weighted by atomic mass is 16.5. The third kappa shape index (κ3) is 4.83. The molecule has 1 aromatic rings. The minimum atomic E-state index is 0.477. The Balaban J connectivity index is 2.20. The smallest absolute Gasteiger partial charge is 0.130 e. The van der Waals surface area contributed by atoms with Crippen LogP contribution < -0.4 is 5.73 Å². The number of nitrogens with zero attached hydrogens (tertiary/aromatic N) is 2. The molecule has 2 N–H and O–H groups in total. The van der Waals surface area contributed by atoms with Crippen LogP contribution in [-0.4, -0.2) is 36.9 Å². The molecule has 0 unspecified atom stereocenters. The predicted molar refractivity (Wildman–Crippen MR) is 56.3 cm³/mol. The van der Waals surface area contributed by atoms with Gasteiger partial charge in [-0.2, -0.15) is 0 Å². The molecular weight excluding hydrogens is 194 g/mol. The van der Waals surface area contributed by atoms with Crippen molar-refractivity contribution in [1.82, 2.24) is 9.97 Å². The Morgan fingerprint density at radius 2 is 1.93 bits per heavy atom. The molecule has 0 aliphatic heterocycles. The van der Waals surface area contributed by atoms with Crippen molar-refractivity contribution < 1.29 is 9.47 Å². The minimum Gasteiger partial charge on any atom is -0.382 e. The van der Waals surface area contributed by atoms with Crippen molar-refractivity contribution in [3.05, 3.63) is 23.8 Å². The zero-order valence-corrected chi connectivity index (χ0v) is 8.98. The van der Waals surface area contributed by atoms with Crippen LogP contribution in [0.3, 0.4) is 0 Å². The third-order valence-electron chi connectivity index (χ3n) is 1.90. The average Bonchev–Trinajstić information content (AvgIpc) is 2.30. The van der Waals surface area contributed by atoms with E-state index < -0.39 is 0 Å². The van der Waals surface area contributed by atoms with Crippen LogP contribution in [0.1, 0.15) is 11.4 Å². The second-order valence-corrected chi connectivity index (χ2v) is 3.07. The molecule has 5 nitrogen and oxygen atoms in total. The Labute approximate surface area is 89.6 Å². The van der Waals surface area contributed by atoms with Gasteiger partial charge < -0.3 is 15.2 Å². The number of nitrogens with two attached hydrogens (primary N) is 1. The SMILES string of the molecule is COCCOCCc1ncc(CN)cn1. The lowest BCUT2D eigenvalue weighted by molar-refractivity contribution is 0.0716. The van der Waals surface area contributed by atoms with Gasteiger partial charge in [-0.25, -0.2) is 9.97 Å². The maximum absolute atomic E-state index is 5.44. The molecular formula is C10H17N3O2. The Bertz CT molecular complexity index is 264. The van der Waals surface area contributed by atoms with Crippen molar-refractivity contribution >= 4 is 0 Å². The molecule has 15 heavy (non-hydrogen) atoms. The molecule has 1 rings (SSSR count). The standard InChI is InChI=1S/C10H17N3O2/c1-14-4-5-15-3-2-10-12-7-9(6-11)8-13-10/h7-8H,2-6,11H2,1H3. The molecule has 0 spiro atoms. The lowest BCUT2D eigenvalue weighted by Gasteiger charge is -2.03. The maximum Gasteiger partial charge on any atom is 0.130 e. The van der Waals surface area contributed by atoms with E-state index in [9.17, 15) is 0 Å². The van der Waals surface area contributed by atoms with Crippen LogP contribution in [-0.2, 0) is 22.4 Å². The van der Waals surface area contributed by atoms with E-state index in [4.69, 9.17) is 15.2 Å². The summed E-state index contributed by atoms with van der Waals surface area (Å²) in [6, 6.07) is 0. The quantitative estimate of drug-likeness (QED) is 0.650. The second-order valence-electron chi connectivity index (χ2n) is 3.07. The predicted octanol–water partition coefficient (Wildman–Crippen LogP) is 0.141. The molecule has 0 fully saturated rings. The Morgan fingerprint density at radius 1 is 1.20 bits per heavy atom. The molecule has 1 heterocycles. The highest BCUT2D eigenvalue weighted by Gasteiger charge is 1.97. The number of hydrogen-bond donors (Lipinski definition) is 1. The molecule has 0 bridgehead atoms. The number of aromatic nitrogens is 2. The Hall–Kier alpha value is -1.04. The first-order valence-corrected chi connectivity index (χ1v) is 4.93. The number of hydrogen-bond acceptors (Lipinski definition) is 5. The third-order valence-corrected chi connectivity index (χ3v) is 1.90. The average molecular weight is 211 g/mol. The molecule has 0 amide bonds. The molecule has 0 aliphatic carbocycles. The zero-order chi connectivity index (χ0) is 10.9. The summed E-state index contributed by atoms with van der Waals surface area (Å²) in [5.74, 6) is 0.782. The first-order chi connectivity index (χ1) is 7.36. The highest BCUT2D eigenvalue weighted by molar-refractivity contribution is 5.04. The Kier molecular flexibility index (Phi) is 5.84. The molecule has 1 aromatic heterocycles. The van der Waals surface area contributed by atoms with Gasteiger partial charge in [-0.3, -0.25) is 0 Å². The molecule has 0 atom stereocenters. The summed E-state index contributed by atoms with van der Waals surface area (Å²) in [5.41, 5.74) is 6.38. The van der Waals surface area contributed by atoms with Crippen LogP contribution in [0.4, 0.5) is 0 Å². The molecule has 0 aromatic carbocycles. The highest BCUT2D eigenvalue weighted by Crippen LogP contribution is 1.95. The van der Waals surface area contributed by atoms with E-state index in [2.05, 4.69) is 9.97 Å².